The predicted octanol–water partition coefficient (Wildman–Crippen LogP) is -0.389. The van der Waals surface area contributed by atoms with Crippen LogP contribution >= 0.6 is 0 Å². The highest BCUT2D eigenvalue weighted by atomic mass is 16.5. The average Bonchev–Trinajstić information content (AvgIpc) is 2.81. The molecule has 0 bridgehead atoms. The Bertz CT molecular complexity index is 205. The van der Waals surface area contributed by atoms with Crippen LogP contribution in [0.5, 0.6) is 0 Å². The third-order valence-corrected chi connectivity index (χ3v) is 2.43. The molecular formula is C10H22N4O2. The second-order valence-corrected chi connectivity index (χ2v) is 3.74. The highest BCUT2D eigenvalue weighted by molar-refractivity contribution is 5.79. The van der Waals surface area contributed by atoms with Gasteiger partial charge in [0.1, 0.15) is 0 Å². The molecule has 0 aromatic rings. The monoisotopic (exact) mass is 230 g/mol. The van der Waals surface area contributed by atoms with Crippen LogP contribution in [-0.4, -0.2) is 45.5 Å². The summed E-state index contributed by atoms with van der Waals surface area (Å²) < 4.78 is 10.4. The largest absolute Gasteiger partial charge is 0.385 e. The van der Waals surface area contributed by atoms with Gasteiger partial charge in [0.25, 0.3) is 0 Å². The minimum Gasteiger partial charge on any atom is -0.385 e. The zero-order chi connectivity index (χ0) is 11.6. The van der Waals surface area contributed by atoms with Gasteiger partial charge >= 0.3 is 0 Å². The van der Waals surface area contributed by atoms with Gasteiger partial charge in [0.2, 0.25) is 5.96 Å². The molecule has 1 saturated heterocycles. The van der Waals surface area contributed by atoms with E-state index in [1.807, 2.05) is 0 Å². The number of hydrogen-bond acceptors (Lipinski definition) is 4. The molecule has 0 aromatic heterocycles. The third kappa shape index (κ3) is 5.29. The van der Waals surface area contributed by atoms with Gasteiger partial charge in [-0.1, -0.05) is 0 Å². The SMILES string of the molecule is COCCCNC(=NCC1CCCO1)NN. The minimum atomic E-state index is 0.254. The Morgan fingerprint density at radius 1 is 1.62 bits per heavy atom. The molecule has 0 saturated carbocycles. The van der Waals surface area contributed by atoms with E-state index in [4.69, 9.17) is 15.3 Å². The number of guanidine groups is 1. The van der Waals surface area contributed by atoms with Crippen LogP contribution in [0.4, 0.5) is 0 Å². The van der Waals surface area contributed by atoms with Crippen LogP contribution in [0.25, 0.3) is 0 Å². The molecule has 1 rings (SSSR count). The van der Waals surface area contributed by atoms with Crippen molar-refractivity contribution in [3.05, 3.63) is 0 Å². The molecule has 1 unspecified atom stereocenters. The van der Waals surface area contributed by atoms with E-state index in [9.17, 15) is 0 Å². The minimum absolute atomic E-state index is 0.254. The Kier molecular flexibility index (Phi) is 6.87. The van der Waals surface area contributed by atoms with E-state index in [1.54, 1.807) is 7.11 Å². The lowest BCUT2D eigenvalue weighted by Crippen LogP contribution is -2.42. The Hall–Kier alpha value is -0.850. The first-order valence-electron chi connectivity index (χ1n) is 5.72. The standard InChI is InChI=1S/C10H22N4O2/c1-15-6-3-5-12-10(14-11)13-8-9-4-2-7-16-9/h9H,2-8,11H2,1H3,(H2,12,13,14). The summed E-state index contributed by atoms with van der Waals surface area (Å²) in [6, 6.07) is 0. The first-order valence-corrected chi connectivity index (χ1v) is 5.72. The molecule has 4 N–H and O–H groups in total. The van der Waals surface area contributed by atoms with Crippen molar-refractivity contribution < 1.29 is 9.47 Å². The lowest BCUT2D eigenvalue weighted by Gasteiger charge is -2.10. The lowest BCUT2D eigenvalue weighted by molar-refractivity contribution is 0.117. The number of nitrogens with two attached hydrogens (primary N) is 1. The molecule has 1 fully saturated rings. The summed E-state index contributed by atoms with van der Waals surface area (Å²) in [5.74, 6) is 5.97. The fourth-order valence-corrected chi connectivity index (χ4v) is 1.56. The highest BCUT2D eigenvalue weighted by Crippen LogP contribution is 2.11. The summed E-state index contributed by atoms with van der Waals surface area (Å²) in [5.41, 5.74) is 2.55. The molecule has 1 heterocycles. The van der Waals surface area contributed by atoms with Crippen LogP contribution in [0.1, 0.15) is 19.3 Å². The van der Waals surface area contributed by atoms with Crippen molar-refractivity contribution in [2.45, 2.75) is 25.4 Å². The number of nitrogens with one attached hydrogen (secondary N) is 2. The van der Waals surface area contributed by atoms with Crippen molar-refractivity contribution in [1.82, 2.24) is 10.7 Å². The fourth-order valence-electron chi connectivity index (χ4n) is 1.56. The quantitative estimate of drug-likeness (QED) is 0.190. The molecule has 0 amide bonds. The predicted molar refractivity (Wildman–Crippen MR) is 63.1 cm³/mol. The van der Waals surface area contributed by atoms with Gasteiger partial charge in [-0.2, -0.15) is 0 Å². The molecule has 1 atom stereocenters. The van der Waals surface area contributed by atoms with Crippen LogP contribution < -0.4 is 16.6 Å². The maximum Gasteiger partial charge on any atom is 0.205 e. The van der Waals surface area contributed by atoms with Crippen molar-refractivity contribution in [2.75, 3.05) is 33.4 Å². The topological polar surface area (TPSA) is 80.9 Å². The van der Waals surface area contributed by atoms with E-state index in [2.05, 4.69) is 15.7 Å². The van der Waals surface area contributed by atoms with Gasteiger partial charge < -0.3 is 14.8 Å². The number of hydrazine groups is 1. The molecule has 0 spiro atoms. The van der Waals surface area contributed by atoms with E-state index >= 15 is 0 Å². The molecule has 1 aliphatic heterocycles. The van der Waals surface area contributed by atoms with E-state index in [-0.39, 0.29) is 6.10 Å². The molecule has 94 valence electrons. The van der Waals surface area contributed by atoms with E-state index in [0.29, 0.717) is 12.5 Å². The van der Waals surface area contributed by atoms with Gasteiger partial charge in [-0.3, -0.25) is 5.43 Å². The molecule has 1 aliphatic rings. The van der Waals surface area contributed by atoms with Gasteiger partial charge in [0.05, 0.1) is 12.6 Å². The van der Waals surface area contributed by atoms with Crippen LogP contribution in [0.15, 0.2) is 4.99 Å². The second-order valence-electron chi connectivity index (χ2n) is 3.74. The average molecular weight is 230 g/mol. The van der Waals surface area contributed by atoms with Crippen molar-refractivity contribution in [2.24, 2.45) is 10.8 Å². The Morgan fingerprint density at radius 2 is 2.50 bits per heavy atom. The summed E-state index contributed by atoms with van der Waals surface area (Å²) in [5, 5.41) is 3.11. The summed E-state index contributed by atoms with van der Waals surface area (Å²) >= 11 is 0. The smallest absolute Gasteiger partial charge is 0.205 e. The Balaban J connectivity index is 2.15. The molecule has 0 radical (unpaired) electrons. The van der Waals surface area contributed by atoms with Crippen LogP contribution in [-0.2, 0) is 9.47 Å². The summed E-state index contributed by atoms with van der Waals surface area (Å²) in [6.07, 6.45) is 3.40. The first-order chi connectivity index (χ1) is 7.86. The number of methoxy groups -OCH3 is 1. The fraction of sp³-hybridized carbons (Fsp3) is 0.900. The van der Waals surface area contributed by atoms with Crippen LogP contribution in [0.2, 0.25) is 0 Å². The van der Waals surface area contributed by atoms with Crippen molar-refractivity contribution in [3.8, 4) is 0 Å². The van der Waals surface area contributed by atoms with Crippen LogP contribution in [0, 0.1) is 0 Å². The molecule has 0 aliphatic carbocycles. The molecule has 16 heavy (non-hydrogen) atoms. The number of ether oxygens (including phenoxy) is 2. The summed E-state index contributed by atoms with van der Waals surface area (Å²) in [6.45, 7) is 3.04. The summed E-state index contributed by atoms with van der Waals surface area (Å²) in [4.78, 5) is 4.33. The van der Waals surface area contributed by atoms with Crippen LogP contribution in [0.3, 0.4) is 0 Å². The third-order valence-electron chi connectivity index (χ3n) is 2.43. The normalized spacial score (nSPS) is 21.1. The number of rotatable bonds is 6. The van der Waals surface area contributed by atoms with E-state index < -0.39 is 0 Å². The van der Waals surface area contributed by atoms with Crippen molar-refractivity contribution in [3.63, 3.8) is 0 Å². The molecule has 0 aromatic carbocycles. The highest BCUT2D eigenvalue weighted by Gasteiger charge is 2.14. The lowest BCUT2D eigenvalue weighted by atomic mass is 10.2. The van der Waals surface area contributed by atoms with Gasteiger partial charge in [-0.05, 0) is 19.3 Å². The number of nitrogens with zero attached hydrogens (tertiary/aromatic N) is 1. The van der Waals surface area contributed by atoms with E-state index in [1.165, 1.54) is 0 Å². The number of aliphatic imine (C=N–C) groups is 1. The van der Waals surface area contributed by atoms with Crippen molar-refractivity contribution >= 4 is 5.96 Å². The van der Waals surface area contributed by atoms with Gasteiger partial charge in [0.15, 0.2) is 0 Å². The molecule has 6 nitrogen and oxygen atoms in total. The van der Waals surface area contributed by atoms with Gasteiger partial charge in [0, 0.05) is 26.9 Å². The maximum atomic E-state index is 5.47. The Morgan fingerprint density at radius 3 is 3.12 bits per heavy atom. The number of hydrogen-bond donors (Lipinski definition) is 3. The summed E-state index contributed by atoms with van der Waals surface area (Å²) in [7, 11) is 1.69. The van der Waals surface area contributed by atoms with E-state index in [0.717, 1.165) is 39.0 Å². The van der Waals surface area contributed by atoms with Crippen molar-refractivity contribution in [1.29, 1.82) is 0 Å². The van der Waals surface area contributed by atoms with Gasteiger partial charge in [-0.15, -0.1) is 0 Å². The Labute approximate surface area is 96.6 Å². The maximum absolute atomic E-state index is 5.47. The molecule has 6 heteroatoms. The first kappa shape index (κ1) is 13.2. The second kappa shape index (κ2) is 8.32. The van der Waals surface area contributed by atoms with Gasteiger partial charge in [-0.25, -0.2) is 10.8 Å². The zero-order valence-corrected chi connectivity index (χ0v) is 9.87. The molecular weight excluding hydrogens is 208 g/mol. The zero-order valence-electron chi connectivity index (χ0n) is 9.87.